The first kappa shape index (κ1) is 5.74. The van der Waals surface area contributed by atoms with Gasteiger partial charge in [-0.2, -0.15) is 0 Å². The second-order valence-electron chi connectivity index (χ2n) is 2.00. The van der Waals surface area contributed by atoms with Crippen LogP contribution in [0.3, 0.4) is 0 Å². The molecule has 0 aliphatic heterocycles. The highest BCUT2D eigenvalue weighted by molar-refractivity contribution is 5.02. The average Bonchev–Trinajstić information content (AvgIpc) is 1.36. The van der Waals surface area contributed by atoms with Gasteiger partial charge in [0.1, 0.15) is 0 Å². The second-order valence-corrected chi connectivity index (χ2v) is 2.00. The van der Waals surface area contributed by atoms with Crippen LogP contribution in [0, 0.1) is 0 Å². The molecule has 0 aromatic heterocycles. The molecular weight excluding hydrogens is 74.1 g/mol. The maximum Gasteiger partial charge on any atom is -0.0440 e. The van der Waals surface area contributed by atoms with Crippen molar-refractivity contribution in [2.75, 3.05) is 0 Å². The first-order valence-corrected chi connectivity index (χ1v) is 2.25. The number of rotatable bonds is 0. The van der Waals surface area contributed by atoms with E-state index in [0.717, 1.165) is 0 Å². The lowest BCUT2D eigenvalue weighted by Gasteiger charge is -1.88. The van der Waals surface area contributed by atoms with E-state index in [0.29, 0.717) is 0 Å². The van der Waals surface area contributed by atoms with Gasteiger partial charge in [-0.15, -0.1) is 0 Å². The minimum absolute atomic E-state index is 1.43. The molecule has 0 saturated carbocycles. The van der Waals surface area contributed by atoms with Gasteiger partial charge in [-0.05, 0) is 27.7 Å². The van der Waals surface area contributed by atoms with E-state index in [1.54, 1.807) is 0 Å². The summed E-state index contributed by atoms with van der Waals surface area (Å²) < 4.78 is 0. The van der Waals surface area contributed by atoms with Gasteiger partial charge in [-0.1, -0.05) is 11.1 Å². The maximum atomic E-state index is 2.12. The second kappa shape index (κ2) is 2.01. The van der Waals surface area contributed by atoms with Gasteiger partial charge in [0.2, 0.25) is 0 Å². The van der Waals surface area contributed by atoms with Crippen molar-refractivity contribution in [3.8, 4) is 0 Å². The van der Waals surface area contributed by atoms with Crippen LogP contribution in [-0.2, 0) is 0 Å². The van der Waals surface area contributed by atoms with Crippen molar-refractivity contribution in [3.05, 3.63) is 11.1 Å². The summed E-state index contributed by atoms with van der Waals surface area (Å²) in [6.07, 6.45) is 0. The molecule has 0 atom stereocenters. The van der Waals surface area contributed by atoms with Gasteiger partial charge in [0, 0.05) is 0 Å². The average molecular weight is 86.1 g/mol. The zero-order valence-corrected chi connectivity index (χ0v) is 5.00. The molecule has 0 aromatic carbocycles. The quantitative estimate of drug-likeness (QED) is 0.313. The smallest absolute Gasteiger partial charge is 0.0440 e. The van der Waals surface area contributed by atoms with Crippen molar-refractivity contribution >= 4 is 0 Å². The summed E-state index contributed by atoms with van der Waals surface area (Å²) in [6.45, 7) is 8.48. The highest BCUT2D eigenvalue weighted by Crippen LogP contribution is 1.96. The monoisotopic (exact) mass is 86.1 g/mol. The predicted molar refractivity (Wildman–Crippen MR) is 29.7 cm³/mol. The molecule has 6 heavy (non-hydrogen) atoms. The highest BCUT2D eigenvalue weighted by Gasteiger charge is 1.75. The van der Waals surface area contributed by atoms with Gasteiger partial charge in [-0.25, -0.2) is 0 Å². The summed E-state index contributed by atoms with van der Waals surface area (Å²) in [5.74, 6) is 0. The van der Waals surface area contributed by atoms with E-state index < -0.39 is 0 Å². The Morgan fingerprint density at radius 2 is 0.833 bits per heavy atom. The molecule has 0 N–H and O–H groups in total. The number of allylic oxidation sites excluding steroid dienone is 2. The third-order valence-electron chi connectivity index (χ3n) is 1.00. The van der Waals surface area contributed by atoms with Crippen LogP contribution in [0.1, 0.15) is 27.7 Å². The van der Waals surface area contributed by atoms with Crippen LogP contribution < -0.4 is 0 Å². The minimum Gasteiger partial charge on any atom is -0.0778 e. The summed E-state index contributed by atoms with van der Waals surface area (Å²) in [4.78, 5) is 0. The summed E-state index contributed by atoms with van der Waals surface area (Å²) in [6, 6.07) is 0. The lowest BCUT2D eigenvalue weighted by molar-refractivity contribution is 1.23. The molecule has 0 aliphatic carbocycles. The van der Waals surface area contributed by atoms with Crippen LogP contribution in [0.15, 0.2) is 11.1 Å². The molecule has 0 saturated heterocycles. The third-order valence-corrected chi connectivity index (χ3v) is 1.00. The minimum atomic E-state index is 1.43. The van der Waals surface area contributed by atoms with Crippen LogP contribution in [0.5, 0.6) is 0 Å². The van der Waals surface area contributed by atoms with Crippen molar-refractivity contribution in [2.45, 2.75) is 27.7 Å². The van der Waals surface area contributed by atoms with Gasteiger partial charge in [0.25, 0.3) is 0 Å². The lowest BCUT2D eigenvalue weighted by atomic mass is 10.4. The number of hydrogen-bond acceptors (Lipinski definition) is 0. The Hall–Kier alpha value is -0.260. The summed E-state index contributed by atoms with van der Waals surface area (Å²) in [5.41, 5.74) is 2.85. The molecule has 0 nitrogen and oxygen atoms in total. The Morgan fingerprint density at radius 3 is 0.833 bits per heavy atom. The standard InChI is InChI=1S/C6H12/c1-5(2)6(3)4/h1-4H3/i1+1,5+1. The SMILES string of the molecule is CC(C)=[13C](C)[13CH3]. The number of hydrogen-bond donors (Lipinski definition) is 0. The predicted octanol–water partition coefficient (Wildman–Crippen LogP) is 2.36. The molecule has 36 valence electrons. The van der Waals surface area contributed by atoms with E-state index in [9.17, 15) is 0 Å². The fourth-order valence-corrected chi connectivity index (χ4v) is 0. The van der Waals surface area contributed by atoms with Gasteiger partial charge in [0.15, 0.2) is 0 Å². The van der Waals surface area contributed by atoms with E-state index in [4.69, 9.17) is 0 Å². The van der Waals surface area contributed by atoms with Gasteiger partial charge < -0.3 is 0 Å². The zero-order chi connectivity index (χ0) is 5.15. The topological polar surface area (TPSA) is 0 Å². The van der Waals surface area contributed by atoms with Crippen molar-refractivity contribution in [2.24, 2.45) is 0 Å². The molecule has 0 heterocycles. The molecular formula is C6H12. The summed E-state index contributed by atoms with van der Waals surface area (Å²) >= 11 is 0. The molecule has 0 rings (SSSR count). The normalized spacial score (nSPS) is 8.00. The third kappa shape index (κ3) is 2.01. The van der Waals surface area contributed by atoms with Crippen LogP contribution in [-0.4, -0.2) is 0 Å². The van der Waals surface area contributed by atoms with E-state index in [1.165, 1.54) is 11.1 Å². The van der Waals surface area contributed by atoms with Crippen LogP contribution >= 0.6 is 0 Å². The highest BCUT2D eigenvalue weighted by atomic mass is 14.4. The Labute approximate surface area is 39.9 Å². The van der Waals surface area contributed by atoms with Crippen LogP contribution in [0.2, 0.25) is 0 Å². The molecule has 0 aliphatic rings. The molecule has 0 radical (unpaired) electrons. The summed E-state index contributed by atoms with van der Waals surface area (Å²) in [7, 11) is 0. The van der Waals surface area contributed by atoms with Gasteiger partial charge in [0.05, 0.1) is 0 Å². The largest absolute Gasteiger partial charge is 0.0778 e. The molecule has 0 bridgehead atoms. The Balaban J connectivity index is 3.68. The van der Waals surface area contributed by atoms with E-state index in [1.807, 2.05) is 0 Å². The van der Waals surface area contributed by atoms with E-state index in [2.05, 4.69) is 27.7 Å². The fraction of sp³-hybridized carbons (Fsp3) is 0.667. The fourth-order valence-electron chi connectivity index (χ4n) is 0. The lowest BCUT2D eigenvalue weighted by Crippen LogP contribution is -1.66. The molecule has 0 unspecified atom stereocenters. The van der Waals surface area contributed by atoms with Crippen LogP contribution in [0.25, 0.3) is 0 Å². The Morgan fingerprint density at radius 1 is 0.667 bits per heavy atom. The molecule has 0 fully saturated rings. The van der Waals surface area contributed by atoms with Crippen LogP contribution in [0.4, 0.5) is 0 Å². The van der Waals surface area contributed by atoms with Gasteiger partial charge in [-0.3, -0.25) is 0 Å². The van der Waals surface area contributed by atoms with Crippen molar-refractivity contribution in [3.63, 3.8) is 0 Å². The Bertz CT molecular complexity index is 50.1. The zero-order valence-electron chi connectivity index (χ0n) is 5.00. The van der Waals surface area contributed by atoms with E-state index >= 15 is 0 Å². The molecule has 0 spiro atoms. The Kier molecular flexibility index (Phi) is 1.93. The van der Waals surface area contributed by atoms with Crippen molar-refractivity contribution in [1.82, 2.24) is 0 Å². The van der Waals surface area contributed by atoms with E-state index in [-0.39, 0.29) is 0 Å². The van der Waals surface area contributed by atoms with Gasteiger partial charge >= 0.3 is 0 Å². The molecule has 0 heteroatoms. The molecule has 0 amide bonds. The van der Waals surface area contributed by atoms with Crippen molar-refractivity contribution < 1.29 is 0 Å². The first-order valence-electron chi connectivity index (χ1n) is 2.25. The summed E-state index contributed by atoms with van der Waals surface area (Å²) in [5, 5.41) is 0. The maximum absolute atomic E-state index is 2.12. The van der Waals surface area contributed by atoms with Crippen molar-refractivity contribution in [1.29, 1.82) is 0 Å². The molecule has 0 aromatic rings. The first-order chi connectivity index (χ1) is 2.64.